The minimum absolute atomic E-state index is 0.0741. The van der Waals surface area contributed by atoms with Crippen molar-refractivity contribution >= 4 is 44.1 Å². The number of fused-ring (bicyclic) bond motifs is 1. The van der Waals surface area contributed by atoms with Crippen molar-refractivity contribution in [2.45, 2.75) is 4.90 Å². The first-order chi connectivity index (χ1) is 16.4. The molecule has 4 aromatic rings. The second kappa shape index (κ2) is 9.59. The zero-order valence-electron chi connectivity index (χ0n) is 18.0. The lowest BCUT2D eigenvalue weighted by Crippen LogP contribution is -2.15. The van der Waals surface area contributed by atoms with Crippen LogP contribution in [0.1, 0.15) is 5.56 Å². The van der Waals surface area contributed by atoms with Crippen molar-refractivity contribution < 1.29 is 18.1 Å². The fraction of sp³-hybridized carbons (Fsp3) is 0.0417. The summed E-state index contributed by atoms with van der Waals surface area (Å²) in [6.07, 6.45) is 1.54. The third kappa shape index (κ3) is 4.97. The molecule has 172 valence electrons. The summed E-state index contributed by atoms with van der Waals surface area (Å²) in [6, 6.07) is 23.6. The van der Waals surface area contributed by atoms with Crippen LogP contribution in [0, 0.1) is 10.1 Å². The highest BCUT2D eigenvalue weighted by Crippen LogP contribution is 2.31. The number of nitro benzene ring substituents is 1. The SMILES string of the molecule is COc1ccccc1NS(=O)(=O)c1cc([N+](=O)[O-])ccc1NN=Cc1ccc2ccccc2c1. The number of hydrogen-bond donors (Lipinski definition) is 2. The third-order valence-electron chi connectivity index (χ3n) is 4.99. The molecule has 0 saturated carbocycles. The van der Waals surface area contributed by atoms with Gasteiger partial charge in [-0.3, -0.25) is 20.3 Å². The molecule has 0 radical (unpaired) electrons. The highest BCUT2D eigenvalue weighted by atomic mass is 32.2. The third-order valence-corrected chi connectivity index (χ3v) is 6.39. The molecule has 0 aliphatic rings. The summed E-state index contributed by atoms with van der Waals surface area (Å²) in [7, 11) is -2.82. The maximum atomic E-state index is 13.2. The Hall–Kier alpha value is -4.44. The number of hydrogen-bond acceptors (Lipinski definition) is 7. The van der Waals surface area contributed by atoms with Crippen LogP contribution in [0.15, 0.2) is 94.9 Å². The predicted octanol–water partition coefficient (Wildman–Crippen LogP) is 5.00. The molecule has 10 heteroatoms. The lowest BCUT2D eigenvalue weighted by Gasteiger charge is -2.14. The number of sulfonamides is 1. The molecule has 0 aliphatic heterocycles. The van der Waals surface area contributed by atoms with E-state index in [4.69, 9.17) is 4.74 Å². The van der Waals surface area contributed by atoms with Gasteiger partial charge in [-0.25, -0.2) is 8.42 Å². The van der Waals surface area contributed by atoms with Crippen molar-refractivity contribution in [2.24, 2.45) is 5.10 Å². The first-order valence-corrected chi connectivity index (χ1v) is 11.6. The predicted molar refractivity (Wildman–Crippen MR) is 132 cm³/mol. The second-order valence-corrected chi connectivity index (χ2v) is 8.87. The van der Waals surface area contributed by atoms with Crippen molar-refractivity contribution in [1.29, 1.82) is 0 Å². The largest absolute Gasteiger partial charge is 0.495 e. The van der Waals surface area contributed by atoms with Crippen LogP contribution >= 0.6 is 0 Å². The number of nitro groups is 1. The van der Waals surface area contributed by atoms with Gasteiger partial charge < -0.3 is 4.74 Å². The van der Waals surface area contributed by atoms with Gasteiger partial charge in [0.1, 0.15) is 10.6 Å². The summed E-state index contributed by atoms with van der Waals surface area (Å²) in [5, 5.41) is 17.5. The Bertz CT molecular complexity index is 1500. The number of para-hydroxylation sites is 2. The molecule has 4 rings (SSSR count). The summed E-state index contributed by atoms with van der Waals surface area (Å²) in [4.78, 5) is 10.3. The van der Waals surface area contributed by atoms with Gasteiger partial charge in [-0.2, -0.15) is 5.10 Å². The van der Waals surface area contributed by atoms with Gasteiger partial charge in [-0.1, -0.05) is 48.5 Å². The van der Waals surface area contributed by atoms with Crippen LogP contribution < -0.4 is 14.9 Å². The highest BCUT2D eigenvalue weighted by Gasteiger charge is 2.23. The number of nitrogens with one attached hydrogen (secondary N) is 2. The maximum absolute atomic E-state index is 13.2. The molecule has 0 amide bonds. The van der Waals surface area contributed by atoms with Gasteiger partial charge in [0, 0.05) is 12.1 Å². The Morgan fingerprint density at radius 1 is 0.912 bits per heavy atom. The lowest BCUT2D eigenvalue weighted by molar-refractivity contribution is -0.385. The smallest absolute Gasteiger partial charge is 0.270 e. The average Bonchev–Trinajstić information content (AvgIpc) is 2.84. The van der Waals surface area contributed by atoms with E-state index in [0.29, 0.717) is 5.75 Å². The Balaban J connectivity index is 1.65. The molecule has 9 nitrogen and oxygen atoms in total. The van der Waals surface area contributed by atoms with Crippen LogP contribution in [0.4, 0.5) is 17.1 Å². The number of nitrogens with zero attached hydrogens (tertiary/aromatic N) is 2. The zero-order valence-corrected chi connectivity index (χ0v) is 18.8. The van der Waals surface area contributed by atoms with E-state index in [2.05, 4.69) is 15.2 Å². The number of methoxy groups -OCH3 is 1. The summed E-state index contributed by atoms with van der Waals surface area (Å²) in [6.45, 7) is 0. The molecule has 0 saturated heterocycles. The molecular formula is C24H20N4O5S. The summed E-state index contributed by atoms with van der Waals surface area (Å²) >= 11 is 0. The summed E-state index contributed by atoms with van der Waals surface area (Å²) in [5.74, 6) is 0.306. The molecule has 34 heavy (non-hydrogen) atoms. The van der Waals surface area contributed by atoms with Gasteiger partial charge in [-0.15, -0.1) is 0 Å². The fourth-order valence-corrected chi connectivity index (χ4v) is 4.58. The zero-order chi connectivity index (χ0) is 24.1. The Morgan fingerprint density at radius 2 is 1.65 bits per heavy atom. The van der Waals surface area contributed by atoms with E-state index in [1.807, 2.05) is 42.5 Å². The molecule has 0 aromatic heterocycles. The summed E-state index contributed by atoms with van der Waals surface area (Å²) < 4.78 is 33.9. The van der Waals surface area contributed by atoms with Gasteiger partial charge in [-0.05, 0) is 40.6 Å². The van der Waals surface area contributed by atoms with Crippen LogP contribution in [-0.4, -0.2) is 26.7 Å². The monoisotopic (exact) mass is 476 g/mol. The van der Waals surface area contributed by atoms with Crippen LogP contribution in [-0.2, 0) is 10.0 Å². The van der Waals surface area contributed by atoms with E-state index >= 15 is 0 Å². The minimum Gasteiger partial charge on any atom is -0.495 e. The molecule has 2 N–H and O–H groups in total. The van der Waals surface area contributed by atoms with E-state index in [0.717, 1.165) is 22.4 Å². The molecule has 0 unspecified atom stereocenters. The van der Waals surface area contributed by atoms with E-state index in [9.17, 15) is 18.5 Å². The minimum atomic E-state index is -4.23. The molecule has 0 bridgehead atoms. The quantitative estimate of drug-likeness (QED) is 0.209. The van der Waals surface area contributed by atoms with E-state index < -0.39 is 14.9 Å². The molecule has 0 spiro atoms. The van der Waals surface area contributed by atoms with E-state index in [1.165, 1.54) is 31.5 Å². The number of ether oxygens (including phenoxy) is 1. The fourth-order valence-electron chi connectivity index (χ4n) is 3.33. The van der Waals surface area contributed by atoms with Crippen molar-refractivity contribution in [3.63, 3.8) is 0 Å². The highest BCUT2D eigenvalue weighted by molar-refractivity contribution is 7.93. The summed E-state index contributed by atoms with van der Waals surface area (Å²) in [5.41, 5.74) is 3.39. The number of rotatable bonds is 8. The molecular weight excluding hydrogens is 456 g/mol. The Morgan fingerprint density at radius 3 is 2.41 bits per heavy atom. The van der Waals surface area contributed by atoms with Crippen molar-refractivity contribution in [2.75, 3.05) is 17.3 Å². The van der Waals surface area contributed by atoms with Gasteiger partial charge in [0.05, 0.1) is 29.6 Å². The van der Waals surface area contributed by atoms with Crippen LogP contribution in [0.3, 0.4) is 0 Å². The van der Waals surface area contributed by atoms with Gasteiger partial charge in [0.15, 0.2) is 0 Å². The molecule has 0 atom stereocenters. The Kier molecular flexibility index (Phi) is 6.42. The topological polar surface area (TPSA) is 123 Å². The van der Waals surface area contributed by atoms with E-state index in [-0.39, 0.29) is 22.0 Å². The number of benzene rings is 4. The van der Waals surface area contributed by atoms with Crippen molar-refractivity contribution in [1.82, 2.24) is 0 Å². The van der Waals surface area contributed by atoms with Gasteiger partial charge in [0.25, 0.3) is 15.7 Å². The average molecular weight is 477 g/mol. The Labute approximate surface area is 195 Å². The van der Waals surface area contributed by atoms with Crippen LogP contribution in [0.5, 0.6) is 5.75 Å². The van der Waals surface area contributed by atoms with Crippen LogP contribution in [0.2, 0.25) is 0 Å². The molecule has 0 heterocycles. The standard InChI is InChI=1S/C24H20N4O5S/c1-33-23-9-5-4-8-21(23)27-34(31,32)24-15-20(28(29)30)12-13-22(24)26-25-16-17-10-11-18-6-2-3-7-19(18)14-17/h2-16,26-27H,1H3. The molecule has 0 aliphatic carbocycles. The van der Waals surface area contributed by atoms with Crippen molar-refractivity contribution in [3.8, 4) is 5.75 Å². The second-order valence-electron chi connectivity index (χ2n) is 7.22. The van der Waals surface area contributed by atoms with Gasteiger partial charge >= 0.3 is 0 Å². The van der Waals surface area contributed by atoms with Crippen molar-refractivity contribution in [3.05, 3.63) is 101 Å². The number of non-ortho nitro benzene ring substituents is 1. The first kappa shape index (κ1) is 22.7. The first-order valence-electron chi connectivity index (χ1n) is 10.1. The molecule has 4 aromatic carbocycles. The lowest BCUT2D eigenvalue weighted by atomic mass is 10.1. The van der Waals surface area contributed by atoms with Gasteiger partial charge in [0.2, 0.25) is 0 Å². The number of hydrazone groups is 1. The number of anilines is 2. The maximum Gasteiger partial charge on any atom is 0.270 e. The normalized spacial score (nSPS) is 11.4. The van der Waals surface area contributed by atoms with E-state index in [1.54, 1.807) is 18.2 Å². The van der Waals surface area contributed by atoms with Crippen LogP contribution in [0.25, 0.3) is 10.8 Å². The molecule has 0 fully saturated rings.